The Morgan fingerprint density at radius 3 is 2.83 bits per heavy atom. The summed E-state index contributed by atoms with van der Waals surface area (Å²) >= 11 is 5.08. The molecule has 1 aromatic heterocycles. The van der Waals surface area contributed by atoms with Gasteiger partial charge in [-0.05, 0) is 44.3 Å². The van der Waals surface area contributed by atoms with E-state index in [-0.39, 0.29) is 11.9 Å². The SMILES string of the molecule is C[C@H](c1nc2ccccc2s1)N(C)CC(=O)Nc1cccc(Br)c1. The third-order valence-electron chi connectivity index (χ3n) is 3.83. The second-order valence-electron chi connectivity index (χ2n) is 5.67. The minimum atomic E-state index is -0.0384. The van der Waals surface area contributed by atoms with Crippen LogP contribution in [0.15, 0.2) is 53.0 Å². The molecule has 3 aromatic rings. The third kappa shape index (κ3) is 4.01. The first-order valence-electron chi connectivity index (χ1n) is 7.64. The summed E-state index contributed by atoms with van der Waals surface area (Å²) in [6.07, 6.45) is 0. The summed E-state index contributed by atoms with van der Waals surface area (Å²) in [4.78, 5) is 18.9. The number of hydrogen-bond donors (Lipinski definition) is 1. The molecule has 0 spiro atoms. The van der Waals surface area contributed by atoms with Crippen LogP contribution in [-0.2, 0) is 4.79 Å². The molecule has 3 rings (SSSR count). The number of anilines is 1. The zero-order valence-corrected chi connectivity index (χ0v) is 15.9. The van der Waals surface area contributed by atoms with Crippen LogP contribution in [0, 0.1) is 0 Å². The van der Waals surface area contributed by atoms with Crippen molar-refractivity contribution >= 4 is 49.1 Å². The molecule has 124 valence electrons. The number of nitrogens with zero attached hydrogens (tertiary/aromatic N) is 2. The van der Waals surface area contributed by atoms with Crippen LogP contribution in [-0.4, -0.2) is 29.4 Å². The molecule has 1 N–H and O–H groups in total. The smallest absolute Gasteiger partial charge is 0.238 e. The molecule has 24 heavy (non-hydrogen) atoms. The lowest BCUT2D eigenvalue weighted by atomic mass is 10.3. The van der Waals surface area contributed by atoms with E-state index in [2.05, 4.69) is 39.2 Å². The number of benzene rings is 2. The molecule has 0 saturated carbocycles. The van der Waals surface area contributed by atoms with Gasteiger partial charge in [0.1, 0.15) is 5.01 Å². The molecule has 4 nitrogen and oxygen atoms in total. The van der Waals surface area contributed by atoms with E-state index in [1.165, 1.54) is 4.70 Å². The van der Waals surface area contributed by atoms with Gasteiger partial charge in [0, 0.05) is 10.2 Å². The summed E-state index contributed by atoms with van der Waals surface area (Å²) < 4.78 is 2.11. The van der Waals surface area contributed by atoms with Crippen molar-refractivity contribution in [2.24, 2.45) is 0 Å². The van der Waals surface area contributed by atoms with Crippen molar-refractivity contribution in [3.63, 3.8) is 0 Å². The highest BCUT2D eigenvalue weighted by atomic mass is 79.9. The van der Waals surface area contributed by atoms with E-state index in [1.54, 1.807) is 11.3 Å². The summed E-state index contributed by atoms with van der Waals surface area (Å²) in [5, 5.41) is 3.94. The minimum Gasteiger partial charge on any atom is -0.325 e. The van der Waals surface area contributed by atoms with Crippen molar-refractivity contribution in [2.75, 3.05) is 18.9 Å². The quantitative estimate of drug-likeness (QED) is 0.671. The van der Waals surface area contributed by atoms with Crippen LogP contribution in [0.1, 0.15) is 18.0 Å². The van der Waals surface area contributed by atoms with Crippen LogP contribution in [0.4, 0.5) is 5.69 Å². The predicted octanol–water partition coefficient (Wildman–Crippen LogP) is 4.69. The molecule has 0 unspecified atom stereocenters. The summed E-state index contributed by atoms with van der Waals surface area (Å²) in [5.41, 5.74) is 1.80. The number of halogens is 1. The van der Waals surface area contributed by atoms with Gasteiger partial charge in [0.25, 0.3) is 0 Å². The molecule has 0 saturated heterocycles. The Balaban J connectivity index is 1.65. The third-order valence-corrected chi connectivity index (χ3v) is 5.53. The maximum absolute atomic E-state index is 12.3. The highest BCUT2D eigenvalue weighted by Gasteiger charge is 2.18. The summed E-state index contributed by atoms with van der Waals surface area (Å²) in [6.45, 7) is 2.38. The first kappa shape index (κ1) is 17.1. The van der Waals surface area contributed by atoms with Crippen LogP contribution < -0.4 is 5.32 Å². The van der Waals surface area contributed by atoms with Gasteiger partial charge in [-0.2, -0.15) is 0 Å². The monoisotopic (exact) mass is 403 g/mol. The van der Waals surface area contributed by atoms with Crippen molar-refractivity contribution in [2.45, 2.75) is 13.0 Å². The van der Waals surface area contributed by atoms with Gasteiger partial charge in [-0.1, -0.05) is 34.1 Å². The van der Waals surface area contributed by atoms with Crippen molar-refractivity contribution in [1.29, 1.82) is 0 Å². The Bertz CT molecular complexity index is 831. The van der Waals surface area contributed by atoms with E-state index >= 15 is 0 Å². The van der Waals surface area contributed by atoms with Crippen molar-refractivity contribution < 1.29 is 4.79 Å². The van der Waals surface area contributed by atoms with Gasteiger partial charge in [-0.25, -0.2) is 4.98 Å². The maximum Gasteiger partial charge on any atom is 0.238 e. The van der Waals surface area contributed by atoms with Crippen LogP contribution in [0.5, 0.6) is 0 Å². The molecule has 0 fully saturated rings. The number of para-hydroxylation sites is 1. The number of carbonyl (C=O) groups excluding carboxylic acids is 1. The van der Waals surface area contributed by atoms with Crippen LogP contribution in [0.3, 0.4) is 0 Å². The molecule has 0 aliphatic carbocycles. The lowest BCUT2D eigenvalue weighted by Gasteiger charge is -2.22. The van der Waals surface area contributed by atoms with Crippen LogP contribution >= 0.6 is 27.3 Å². The summed E-state index contributed by atoms with van der Waals surface area (Å²) in [6, 6.07) is 15.8. The normalized spacial score (nSPS) is 12.5. The van der Waals surface area contributed by atoms with Crippen LogP contribution in [0.2, 0.25) is 0 Å². The van der Waals surface area contributed by atoms with Gasteiger partial charge in [0.05, 0.1) is 22.8 Å². The van der Waals surface area contributed by atoms with Gasteiger partial charge in [-0.3, -0.25) is 9.69 Å². The number of amides is 1. The number of thiazole rings is 1. The first-order valence-corrected chi connectivity index (χ1v) is 9.25. The highest BCUT2D eigenvalue weighted by Crippen LogP contribution is 2.28. The number of fused-ring (bicyclic) bond motifs is 1. The molecule has 0 bridgehead atoms. The molecule has 1 amide bonds. The fourth-order valence-electron chi connectivity index (χ4n) is 2.39. The van der Waals surface area contributed by atoms with Crippen molar-refractivity contribution in [1.82, 2.24) is 9.88 Å². The Morgan fingerprint density at radius 2 is 2.08 bits per heavy atom. The van der Waals surface area contributed by atoms with Gasteiger partial charge in [-0.15, -0.1) is 11.3 Å². The number of likely N-dealkylation sites (N-methyl/N-ethyl adjacent to an activating group) is 1. The summed E-state index contributed by atoms with van der Waals surface area (Å²) in [5.74, 6) is -0.0384. The van der Waals surface area contributed by atoms with Gasteiger partial charge in [0.2, 0.25) is 5.91 Å². The molecular formula is C18H18BrN3OS. The fraction of sp³-hybridized carbons (Fsp3) is 0.222. The van der Waals surface area contributed by atoms with E-state index in [1.807, 2.05) is 54.4 Å². The lowest BCUT2D eigenvalue weighted by Crippen LogP contribution is -2.32. The van der Waals surface area contributed by atoms with Crippen LogP contribution in [0.25, 0.3) is 10.2 Å². The average molecular weight is 404 g/mol. The number of rotatable bonds is 5. The van der Waals surface area contributed by atoms with E-state index in [0.29, 0.717) is 6.54 Å². The molecule has 0 radical (unpaired) electrons. The van der Waals surface area contributed by atoms with E-state index in [9.17, 15) is 4.79 Å². The van der Waals surface area contributed by atoms with E-state index in [0.717, 1.165) is 20.7 Å². The number of nitrogens with one attached hydrogen (secondary N) is 1. The van der Waals surface area contributed by atoms with E-state index in [4.69, 9.17) is 0 Å². The number of aromatic nitrogens is 1. The molecule has 2 aromatic carbocycles. The Kier molecular flexibility index (Phi) is 5.28. The van der Waals surface area contributed by atoms with E-state index < -0.39 is 0 Å². The van der Waals surface area contributed by atoms with Crippen molar-refractivity contribution in [3.8, 4) is 0 Å². The topological polar surface area (TPSA) is 45.2 Å². The average Bonchev–Trinajstić information content (AvgIpc) is 2.97. The second-order valence-corrected chi connectivity index (χ2v) is 7.65. The Labute approximate surface area is 153 Å². The van der Waals surface area contributed by atoms with Gasteiger partial charge in [0.15, 0.2) is 0 Å². The molecule has 0 aliphatic rings. The largest absolute Gasteiger partial charge is 0.325 e. The Hall–Kier alpha value is -1.76. The highest BCUT2D eigenvalue weighted by molar-refractivity contribution is 9.10. The number of carbonyl (C=O) groups is 1. The van der Waals surface area contributed by atoms with Gasteiger partial charge >= 0.3 is 0 Å². The zero-order valence-electron chi connectivity index (χ0n) is 13.5. The second kappa shape index (κ2) is 7.42. The summed E-state index contributed by atoms with van der Waals surface area (Å²) in [7, 11) is 1.94. The molecule has 0 aliphatic heterocycles. The Morgan fingerprint density at radius 1 is 1.29 bits per heavy atom. The zero-order chi connectivity index (χ0) is 17.1. The molecule has 1 heterocycles. The van der Waals surface area contributed by atoms with Gasteiger partial charge < -0.3 is 5.32 Å². The number of hydrogen-bond acceptors (Lipinski definition) is 4. The lowest BCUT2D eigenvalue weighted by molar-refractivity contribution is -0.117. The molecular weight excluding hydrogens is 386 g/mol. The molecule has 6 heteroatoms. The minimum absolute atomic E-state index is 0.0384. The standard InChI is InChI=1S/C18H18BrN3OS/c1-12(18-21-15-8-3-4-9-16(15)24-18)22(2)11-17(23)20-14-7-5-6-13(19)10-14/h3-10,12H,11H2,1-2H3,(H,20,23)/t12-/m1/s1. The fourth-order valence-corrected chi connectivity index (χ4v) is 3.87. The first-order chi connectivity index (χ1) is 11.5. The predicted molar refractivity (Wildman–Crippen MR) is 103 cm³/mol. The van der Waals surface area contributed by atoms with Crippen molar-refractivity contribution in [3.05, 3.63) is 58.0 Å². The maximum atomic E-state index is 12.3. The molecule has 1 atom stereocenters.